The third-order valence-electron chi connectivity index (χ3n) is 2.88. The van der Waals surface area contributed by atoms with Crippen molar-refractivity contribution in [2.75, 3.05) is 19.8 Å². The van der Waals surface area contributed by atoms with Gasteiger partial charge >= 0.3 is 0 Å². The zero-order valence-corrected chi connectivity index (χ0v) is 11.1. The molecular formula is C13H16O5S. The molecule has 0 saturated carbocycles. The van der Waals surface area contributed by atoms with Crippen molar-refractivity contribution in [3.8, 4) is 0 Å². The Labute approximate surface area is 112 Å². The normalized spacial score (nSPS) is 20.6. The standard InChI is InChI=1S/C13H16O5S/c14-9-11(13-7-4-8-17-13)10-18-19(15,16)12-5-2-1-3-6-12/h1-7,11,13-14H,8-10H2/t11-,13-/m0/s1. The average Bonchev–Trinajstić information content (AvgIpc) is 2.94. The lowest BCUT2D eigenvalue weighted by molar-refractivity contribution is 0.0312. The molecule has 5 nitrogen and oxygen atoms in total. The predicted octanol–water partition coefficient (Wildman–Crippen LogP) is 0.955. The van der Waals surface area contributed by atoms with Gasteiger partial charge in [0.15, 0.2) is 0 Å². The van der Waals surface area contributed by atoms with Crippen LogP contribution in [-0.2, 0) is 19.0 Å². The molecule has 6 heteroatoms. The first-order valence-corrected chi connectivity index (χ1v) is 7.38. The van der Waals surface area contributed by atoms with Gasteiger partial charge in [0.1, 0.15) is 0 Å². The first-order valence-electron chi connectivity index (χ1n) is 5.97. The highest BCUT2D eigenvalue weighted by Crippen LogP contribution is 2.18. The molecule has 0 spiro atoms. The van der Waals surface area contributed by atoms with Gasteiger partial charge in [-0.2, -0.15) is 8.42 Å². The number of benzene rings is 1. The van der Waals surface area contributed by atoms with E-state index in [4.69, 9.17) is 8.92 Å². The van der Waals surface area contributed by atoms with Crippen LogP contribution >= 0.6 is 0 Å². The fourth-order valence-corrected chi connectivity index (χ4v) is 2.77. The van der Waals surface area contributed by atoms with Crippen molar-refractivity contribution in [3.63, 3.8) is 0 Å². The molecule has 1 aromatic rings. The Hall–Kier alpha value is -1.21. The van der Waals surface area contributed by atoms with Gasteiger partial charge in [0, 0.05) is 5.92 Å². The lowest BCUT2D eigenvalue weighted by Gasteiger charge is -2.19. The maximum absolute atomic E-state index is 11.9. The van der Waals surface area contributed by atoms with Crippen molar-refractivity contribution in [1.82, 2.24) is 0 Å². The van der Waals surface area contributed by atoms with Gasteiger partial charge in [-0.3, -0.25) is 4.18 Å². The maximum Gasteiger partial charge on any atom is 0.296 e. The van der Waals surface area contributed by atoms with E-state index >= 15 is 0 Å². The molecule has 1 N–H and O–H groups in total. The van der Waals surface area contributed by atoms with E-state index in [0.29, 0.717) is 6.61 Å². The summed E-state index contributed by atoms with van der Waals surface area (Å²) < 4.78 is 34.1. The Balaban J connectivity index is 1.99. The van der Waals surface area contributed by atoms with E-state index < -0.39 is 16.0 Å². The Morgan fingerprint density at radius 2 is 2.11 bits per heavy atom. The van der Waals surface area contributed by atoms with Crippen LogP contribution in [-0.4, -0.2) is 39.4 Å². The van der Waals surface area contributed by atoms with Gasteiger partial charge < -0.3 is 9.84 Å². The number of ether oxygens (including phenoxy) is 1. The topological polar surface area (TPSA) is 72.8 Å². The summed E-state index contributed by atoms with van der Waals surface area (Å²) in [5, 5.41) is 9.27. The molecule has 1 aliphatic heterocycles. The summed E-state index contributed by atoms with van der Waals surface area (Å²) in [6, 6.07) is 7.92. The van der Waals surface area contributed by atoms with E-state index in [1.54, 1.807) is 24.3 Å². The van der Waals surface area contributed by atoms with Crippen molar-refractivity contribution in [3.05, 3.63) is 42.5 Å². The first kappa shape index (κ1) is 14.2. The summed E-state index contributed by atoms with van der Waals surface area (Å²) in [6.45, 7) is 0.175. The van der Waals surface area contributed by atoms with Crippen LogP contribution in [0.3, 0.4) is 0 Å². The fourth-order valence-electron chi connectivity index (χ4n) is 1.79. The van der Waals surface area contributed by atoms with E-state index in [-0.39, 0.29) is 24.2 Å². The van der Waals surface area contributed by atoms with Gasteiger partial charge in [0.2, 0.25) is 0 Å². The summed E-state index contributed by atoms with van der Waals surface area (Å²) in [7, 11) is -3.79. The van der Waals surface area contributed by atoms with Crippen LogP contribution in [0.4, 0.5) is 0 Å². The predicted molar refractivity (Wildman–Crippen MR) is 69.0 cm³/mol. The summed E-state index contributed by atoms with van der Waals surface area (Å²) in [5.74, 6) is -0.391. The van der Waals surface area contributed by atoms with Gasteiger partial charge in [0.25, 0.3) is 10.1 Å². The average molecular weight is 284 g/mol. The molecule has 0 radical (unpaired) electrons. The summed E-state index contributed by atoms with van der Waals surface area (Å²) in [6.07, 6.45) is 3.34. The van der Waals surface area contributed by atoms with E-state index in [1.165, 1.54) is 12.1 Å². The SMILES string of the molecule is O=S(=O)(OC[C@H](CO)[C@@H]1C=CCO1)c1ccccc1. The summed E-state index contributed by atoms with van der Waals surface area (Å²) in [5.41, 5.74) is 0. The summed E-state index contributed by atoms with van der Waals surface area (Å²) in [4.78, 5) is 0.106. The lowest BCUT2D eigenvalue weighted by atomic mass is 10.1. The van der Waals surface area contributed by atoms with Gasteiger partial charge in [-0.05, 0) is 12.1 Å². The van der Waals surface area contributed by atoms with Crippen molar-refractivity contribution in [2.45, 2.75) is 11.0 Å². The molecule has 0 fully saturated rings. The molecular weight excluding hydrogens is 268 g/mol. The van der Waals surface area contributed by atoms with Crippen LogP contribution in [0.5, 0.6) is 0 Å². The molecule has 0 bridgehead atoms. The molecule has 0 saturated heterocycles. The second-order valence-electron chi connectivity index (χ2n) is 4.22. The second kappa shape index (κ2) is 6.29. The van der Waals surface area contributed by atoms with Gasteiger partial charge in [0.05, 0.1) is 30.8 Å². The van der Waals surface area contributed by atoms with Crippen molar-refractivity contribution in [2.24, 2.45) is 5.92 Å². The monoisotopic (exact) mass is 284 g/mol. The van der Waals surface area contributed by atoms with Crippen molar-refractivity contribution < 1.29 is 22.4 Å². The van der Waals surface area contributed by atoms with E-state index in [2.05, 4.69) is 0 Å². The number of rotatable bonds is 6. The Bertz CT molecular complexity index is 523. The third kappa shape index (κ3) is 3.63. The molecule has 0 unspecified atom stereocenters. The molecule has 104 valence electrons. The molecule has 2 rings (SSSR count). The largest absolute Gasteiger partial charge is 0.396 e. The lowest BCUT2D eigenvalue weighted by Crippen LogP contribution is -2.28. The number of aliphatic hydroxyl groups is 1. The second-order valence-corrected chi connectivity index (χ2v) is 5.84. The molecule has 1 heterocycles. The van der Waals surface area contributed by atoms with Crippen LogP contribution in [0.1, 0.15) is 0 Å². The van der Waals surface area contributed by atoms with Gasteiger partial charge in [-0.1, -0.05) is 30.4 Å². The van der Waals surface area contributed by atoms with Gasteiger partial charge in [-0.25, -0.2) is 0 Å². The van der Waals surface area contributed by atoms with Crippen LogP contribution in [0.25, 0.3) is 0 Å². The number of aliphatic hydroxyl groups excluding tert-OH is 1. The fraction of sp³-hybridized carbons (Fsp3) is 0.385. The van der Waals surface area contributed by atoms with E-state index in [0.717, 1.165) is 0 Å². The zero-order chi connectivity index (χ0) is 13.7. The molecule has 0 aliphatic carbocycles. The van der Waals surface area contributed by atoms with Crippen LogP contribution in [0.2, 0.25) is 0 Å². The minimum atomic E-state index is -3.79. The smallest absolute Gasteiger partial charge is 0.296 e. The minimum absolute atomic E-state index is 0.106. The Kier molecular flexibility index (Phi) is 4.71. The zero-order valence-electron chi connectivity index (χ0n) is 10.3. The highest BCUT2D eigenvalue weighted by atomic mass is 32.2. The summed E-state index contributed by atoms with van der Waals surface area (Å²) >= 11 is 0. The Morgan fingerprint density at radius 1 is 1.37 bits per heavy atom. The van der Waals surface area contributed by atoms with Crippen molar-refractivity contribution >= 4 is 10.1 Å². The number of hydrogen-bond acceptors (Lipinski definition) is 5. The van der Waals surface area contributed by atoms with Crippen molar-refractivity contribution in [1.29, 1.82) is 0 Å². The first-order chi connectivity index (χ1) is 9.13. The van der Waals surface area contributed by atoms with E-state index in [9.17, 15) is 13.5 Å². The molecule has 2 atom stereocenters. The number of hydrogen-bond donors (Lipinski definition) is 1. The Morgan fingerprint density at radius 3 is 2.68 bits per heavy atom. The minimum Gasteiger partial charge on any atom is -0.396 e. The van der Waals surface area contributed by atoms with Gasteiger partial charge in [-0.15, -0.1) is 0 Å². The van der Waals surface area contributed by atoms with Crippen LogP contribution < -0.4 is 0 Å². The van der Waals surface area contributed by atoms with E-state index in [1.807, 2.05) is 6.08 Å². The molecule has 1 aliphatic rings. The molecule has 0 amide bonds. The quantitative estimate of drug-likeness (QED) is 0.622. The third-order valence-corrected chi connectivity index (χ3v) is 4.17. The highest BCUT2D eigenvalue weighted by Gasteiger charge is 2.25. The highest BCUT2D eigenvalue weighted by molar-refractivity contribution is 7.86. The molecule has 19 heavy (non-hydrogen) atoms. The molecule has 1 aromatic carbocycles. The van der Waals surface area contributed by atoms with Crippen LogP contribution in [0.15, 0.2) is 47.4 Å². The molecule has 0 aromatic heterocycles. The maximum atomic E-state index is 11.9. The van der Waals surface area contributed by atoms with Crippen LogP contribution in [0, 0.1) is 5.92 Å².